The third-order valence-corrected chi connectivity index (χ3v) is 4.86. The van der Waals surface area contributed by atoms with Crippen LogP contribution in [0.3, 0.4) is 0 Å². The summed E-state index contributed by atoms with van der Waals surface area (Å²) in [7, 11) is 0. The van der Waals surface area contributed by atoms with E-state index in [4.69, 9.17) is 0 Å². The van der Waals surface area contributed by atoms with E-state index in [1.54, 1.807) is 0 Å². The number of carbonyl (C=O) groups excluding carboxylic acids is 1. The molecule has 3 nitrogen and oxygen atoms in total. The third-order valence-electron chi connectivity index (χ3n) is 4.14. The van der Waals surface area contributed by atoms with E-state index >= 15 is 0 Å². The number of carbonyl (C=O) groups is 1. The van der Waals surface area contributed by atoms with Crippen LogP contribution in [-0.2, 0) is 4.79 Å². The summed E-state index contributed by atoms with van der Waals surface area (Å²) >= 11 is 3.54. The van der Waals surface area contributed by atoms with Gasteiger partial charge in [-0.05, 0) is 43.9 Å². The van der Waals surface area contributed by atoms with Crippen LogP contribution < -0.4 is 10.6 Å². The fraction of sp³-hybridized carbons (Fsp3) is 0.562. The number of halogens is 1. The van der Waals surface area contributed by atoms with Crippen molar-refractivity contribution in [3.8, 4) is 0 Å². The normalized spacial score (nSPS) is 24.1. The maximum absolute atomic E-state index is 12.4. The highest BCUT2D eigenvalue weighted by atomic mass is 79.9. The Morgan fingerprint density at radius 2 is 2.25 bits per heavy atom. The molecule has 20 heavy (non-hydrogen) atoms. The van der Waals surface area contributed by atoms with Crippen LogP contribution >= 0.6 is 15.9 Å². The quantitative estimate of drug-likeness (QED) is 0.883. The van der Waals surface area contributed by atoms with Crippen LogP contribution in [0.15, 0.2) is 28.7 Å². The van der Waals surface area contributed by atoms with Crippen molar-refractivity contribution in [2.45, 2.75) is 45.2 Å². The van der Waals surface area contributed by atoms with Crippen molar-refractivity contribution in [1.82, 2.24) is 10.6 Å². The number of amides is 1. The van der Waals surface area contributed by atoms with Gasteiger partial charge in [0.25, 0.3) is 0 Å². The monoisotopic (exact) mass is 338 g/mol. The molecule has 0 aliphatic carbocycles. The van der Waals surface area contributed by atoms with Crippen LogP contribution in [0.4, 0.5) is 0 Å². The molecule has 0 aromatic heterocycles. The van der Waals surface area contributed by atoms with Crippen LogP contribution in [0, 0.1) is 5.92 Å². The van der Waals surface area contributed by atoms with Crippen LogP contribution in [0.25, 0.3) is 0 Å². The molecule has 1 aromatic rings. The summed E-state index contributed by atoms with van der Waals surface area (Å²) in [5.41, 5.74) is 1.11. The highest BCUT2D eigenvalue weighted by Crippen LogP contribution is 2.24. The molecule has 4 heteroatoms. The minimum absolute atomic E-state index is 0.0156. The van der Waals surface area contributed by atoms with Crippen LogP contribution in [-0.4, -0.2) is 18.5 Å². The molecule has 1 heterocycles. The second-order valence-corrected chi connectivity index (χ2v) is 6.41. The summed E-state index contributed by atoms with van der Waals surface area (Å²) in [6.07, 6.45) is 3.29. The lowest BCUT2D eigenvalue weighted by atomic mass is 9.90. The molecule has 3 atom stereocenters. The van der Waals surface area contributed by atoms with E-state index in [1.807, 2.05) is 31.2 Å². The van der Waals surface area contributed by atoms with E-state index < -0.39 is 0 Å². The van der Waals surface area contributed by atoms with Gasteiger partial charge in [0.05, 0.1) is 12.1 Å². The SMILES string of the molecule is CCC1CCNC(C(=O)N[C@@H](C)c2ccccc2Br)C1. The Labute approximate surface area is 129 Å². The van der Waals surface area contributed by atoms with Gasteiger partial charge in [-0.3, -0.25) is 4.79 Å². The summed E-state index contributed by atoms with van der Waals surface area (Å²) in [6.45, 7) is 5.17. The van der Waals surface area contributed by atoms with Crippen LogP contribution in [0.2, 0.25) is 0 Å². The molecule has 1 fully saturated rings. The molecular weight excluding hydrogens is 316 g/mol. The average Bonchev–Trinajstić information content (AvgIpc) is 2.47. The maximum atomic E-state index is 12.4. The van der Waals surface area contributed by atoms with Gasteiger partial charge in [0.2, 0.25) is 5.91 Å². The number of hydrogen-bond donors (Lipinski definition) is 2. The minimum atomic E-state index is -0.0429. The molecule has 0 radical (unpaired) electrons. The molecule has 2 unspecified atom stereocenters. The molecule has 0 saturated carbocycles. The lowest BCUT2D eigenvalue weighted by Crippen LogP contribution is -2.49. The Balaban J connectivity index is 1.95. The smallest absolute Gasteiger partial charge is 0.237 e. The molecule has 110 valence electrons. The van der Waals surface area contributed by atoms with Crippen molar-refractivity contribution in [3.63, 3.8) is 0 Å². The van der Waals surface area contributed by atoms with Gasteiger partial charge in [0.1, 0.15) is 0 Å². The minimum Gasteiger partial charge on any atom is -0.348 e. The van der Waals surface area contributed by atoms with Gasteiger partial charge in [-0.2, -0.15) is 0 Å². The van der Waals surface area contributed by atoms with Crippen molar-refractivity contribution in [2.75, 3.05) is 6.54 Å². The van der Waals surface area contributed by atoms with Gasteiger partial charge < -0.3 is 10.6 Å². The van der Waals surface area contributed by atoms with Crippen molar-refractivity contribution < 1.29 is 4.79 Å². The lowest BCUT2D eigenvalue weighted by Gasteiger charge is -2.30. The predicted octanol–water partition coefficient (Wildman–Crippen LogP) is 3.40. The van der Waals surface area contributed by atoms with Crippen molar-refractivity contribution >= 4 is 21.8 Å². The molecule has 2 N–H and O–H groups in total. The van der Waals surface area contributed by atoms with E-state index in [9.17, 15) is 4.79 Å². The molecule has 0 spiro atoms. The molecule has 1 amide bonds. The van der Waals surface area contributed by atoms with E-state index in [0.717, 1.165) is 29.4 Å². The van der Waals surface area contributed by atoms with Gasteiger partial charge in [-0.25, -0.2) is 0 Å². The number of rotatable bonds is 4. The number of piperidine rings is 1. The number of nitrogens with one attached hydrogen (secondary N) is 2. The van der Waals surface area contributed by atoms with E-state index in [0.29, 0.717) is 5.92 Å². The molecule has 1 saturated heterocycles. The van der Waals surface area contributed by atoms with Crippen molar-refractivity contribution in [2.24, 2.45) is 5.92 Å². The summed E-state index contributed by atoms with van der Waals surface area (Å²) in [5, 5.41) is 6.45. The van der Waals surface area contributed by atoms with Gasteiger partial charge in [-0.1, -0.05) is 47.5 Å². The zero-order chi connectivity index (χ0) is 14.5. The van der Waals surface area contributed by atoms with Gasteiger partial charge in [0, 0.05) is 4.47 Å². The molecule has 1 aliphatic heterocycles. The Morgan fingerprint density at radius 1 is 1.50 bits per heavy atom. The van der Waals surface area contributed by atoms with Crippen LogP contribution in [0.1, 0.15) is 44.7 Å². The van der Waals surface area contributed by atoms with E-state index in [2.05, 4.69) is 33.5 Å². The van der Waals surface area contributed by atoms with Crippen LogP contribution in [0.5, 0.6) is 0 Å². The largest absolute Gasteiger partial charge is 0.348 e. The topological polar surface area (TPSA) is 41.1 Å². The van der Waals surface area contributed by atoms with Gasteiger partial charge in [-0.15, -0.1) is 0 Å². The molecule has 0 bridgehead atoms. The zero-order valence-electron chi connectivity index (χ0n) is 12.2. The first kappa shape index (κ1) is 15.5. The molecule has 1 aromatic carbocycles. The highest BCUT2D eigenvalue weighted by molar-refractivity contribution is 9.10. The Morgan fingerprint density at radius 3 is 2.95 bits per heavy atom. The Kier molecular flexibility index (Phi) is 5.61. The van der Waals surface area contributed by atoms with E-state index in [1.165, 1.54) is 6.42 Å². The number of hydrogen-bond acceptors (Lipinski definition) is 2. The first-order valence-corrected chi connectivity index (χ1v) is 8.19. The van der Waals surface area contributed by atoms with Gasteiger partial charge in [0.15, 0.2) is 0 Å². The standard InChI is InChI=1S/C16H23BrN2O/c1-3-12-8-9-18-15(10-12)16(20)19-11(2)13-6-4-5-7-14(13)17/h4-7,11-12,15,18H,3,8-10H2,1-2H3,(H,19,20)/t11-,12?,15?/m0/s1. The first-order valence-electron chi connectivity index (χ1n) is 7.40. The fourth-order valence-electron chi connectivity index (χ4n) is 2.78. The molecule has 1 aliphatic rings. The van der Waals surface area contributed by atoms with E-state index in [-0.39, 0.29) is 18.0 Å². The first-order chi connectivity index (χ1) is 9.61. The fourth-order valence-corrected chi connectivity index (χ4v) is 3.41. The summed E-state index contributed by atoms with van der Waals surface area (Å²) < 4.78 is 1.04. The maximum Gasteiger partial charge on any atom is 0.237 e. The molecular formula is C16H23BrN2O. The Bertz CT molecular complexity index is 464. The second kappa shape index (κ2) is 7.23. The van der Waals surface area contributed by atoms with Gasteiger partial charge >= 0.3 is 0 Å². The van der Waals surface area contributed by atoms with Crippen molar-refractivity contribution in [3.05, 3.63) is 34.3 Å². The lowest BCUT2D eigenvalue weighted by molar-refractivity contribution is -0.124. The third kappa shape index (κ3) is 3.83. The summed E-state index contributed by atoms with van der Waals surface area (Å²) in [6, 6.07) is 7.99. The zero-order valence-corrected chi connectivity index (χ0v) is 13.7. The predicted molar refractivity (Wildman–Crippen MR) is 85.5 cm³/mol. The van der Waals surface area contributed by atoms with Crippen molar-refractivity contribution in [1.29, 1.82) is 0 Å². The number of benzene rings is 1. The highest BCUT2D eigenvalue weighted by Gasteiger charge is 2.26. The summed E-state index contributed by atoms with van der Waals surface area (Å²) in [5.74, 6) is 0.789. The molecule has 2 rings (SSSR count). The Hall–Kier alpha value is -0.870. The second-order valence-electron chi connectivity index (χ2n) is 5.56. The summed E-state index contributed by atoms with van der Waals surface area (Å²) in [4.78, 5) is 12.4. The average molecular weight is 339 g/mol.